The Morgan fingerprint density at radius 1 is 1.90 bits per heavy atom. The van der Waals surface area contributed by atoms with Gasteiger partial charge in [0.1, 0.15) is 0 Å². The Hall–Kier alpha value is -1.10. The molecule has 0 saturated heterocycles. The molecule has 0 fully saturated rings. The van der Waals surface area contributed by atoms with E-state index in [4.69, 9.17) is 4.42 Å². The van der Waals surface area contributed by atoms with Crippen LogP contribution in [0.5, 0.6) is 0 Å². The van der Waals surface area contributed by atoms with Gasteiger partial charge in [0.15, 0.2) is 0 Å². The Bertz CT molecular complexity index is 288. The predicted octanol–water partition coefficient (Wildman–Crippen LogP) is 1.30. The molecule has 0 radical (unpaired) electrons. The maximum absolute atomic E-state index is 10.4. The summed E-state index contributed by atoms with van der Waals surface area (Å²) in [5.41, 5.74) is 0. The Morgan fingerprint density at radius 3 is 3.00 bits per heavy atom. The van der Waals surface area contributed by atoms with Gasteiger partial charge in [0, 0.05) is 6.92 Å². The van der Waals surface area contributed by atoms with Crippen LogP contribution < -0.4 is 5.32 Å². The fourth-order valence-corrected chi connectivity index (χ4v) is 0.667. The fraction of sp³-hybridized carbons (Fsp3) is 0.200. The molecule has 0 spiro atoms. The van der Waals surface area contributed by atoms with Crippen molar-refractivity contribution >= 4 is 24.0 Å². The summed E-state index contributed by atoms with van der Waals surface area (Å²) in [4.78, 5) is 13.3. The van der Waals surface area contributed by atoms with Crippen LogP contribution in [0.2, 0.25) is 0 Å². The highest BCUT2D eigenvalue weighted by molar-refractivity contribution is 7.71. The highest BCUT2D eigenvalue weighted by atomic mass is 32.1. The number of oxazole rings is 1. The van der Waals surface area contributed by atoms with Crippen molar-refractivity contribution in [2.75, 3.05) is 5.32 Å². The van der Waals surface area contributed by atoms with Crippen LogP contribution >= 0.6 is 12.2 Å². The van der Waals surface area contributed by atoms with Crippen molar-refractivity contribution in [1.29, 1.82) is 0 Å². The number of carbonyl (C=O) groups excluding carboxylic acids is 1. The molecule has 1 heterocycles. The number of carbonyl (C=O) groups is 1. The minimum absolute atomic E-state index is 0.183. The molecular formula is C5H6N2O2S. The number of amides is 1. The summed E-state index contributed by atoms with van der Waals surface area (Å²) in [7, 11) is 0. The lowest BCUT2D eigenvalue weighted by molar-refractivity contribution is -0.114. The van der Waals surface area contributed by atoms with Crippen LogP contribution in [0.1, 0.15) is 6.92 Å². The molecule has 0 aliphatic heterocycles. The maximum Gasteiger partial charge on any atom is 0.267 e. The molecule has 2 N–H and O–H groups in total. The molecule has 0 aromatic carbocycles. The van der Waals surface area contributed by atoms with Crippen molar-refractivity contribution < 1.29 is 9.21 Å². The third-order valence-corrected chi connectivity index (χ3v) is 1.02. The summed E-state index contributed by atoms with van der Waals surface area (Å²) >= 11 is 4.61. The molecule has 10 heavy (non-hydrogen) atoms. The van der Waals surface area contributed by atoms with Crippen molar-refractivity contribution in [3.63, 3.8) is 0 Å². The SMILES string of the molecule is CC(=O)Nc1c[nH]c(=S)o1. The van der Waals surface area contributed by atoms with Gasteiger partial charge in [-0.15, -0.1) is 0 Å². The van der Waals surface area contributed by atoms with Crippen molar-refractivity contribution in [1.82, 2.24) is 4.98 Å². The van der Waals surface area contributed by atoms with E-state index >= 15 is 0 Å². The third kappa shape index (κ3) is 1.70. The third-order valence-electron chi connectivity index (χ3n) is 0.823. The number of H-pyrrole nitrogens is 1. The molecule has 4 nitrogen and oxygen atoms in total. The molecule has 0 bridgehead atoms. The highest BCUT2D eigenvalue weighted by Gasteiger charge is 1.96. The topological polar surface area (TPSA) is 58.0 Å². The molecule has 0 aliphatic carbocycles. The standard InChI is InChI=1S/C5H6N2O2S/c1-3(8)7-4-2-6-5(10)9-4/h2H,1H3,(H,6,10)(H,7,8). The minimum Gasteiger partial charge on any atom is -0.413 e. The van der Waals surface area contributed by atoms with Crippen LogP contribution in [-0.4, -0.2) is 10.9 Å². The summed E-state index contributed by atoms with van der Waals surface area (Å²) in [6.07, 6.45) is 1.49. The van der Waals surface area contributed by atoms with Gasteiger partial charge in [0.05, 0.1) is 6.20 Å². The van der Waals surface area contributed by atoms with E-state index in [1.807, 2.05) is 0 Å². The van der Waals surface area contributed by atoms with Gasteiger partial charge in [-0.25, -0.2) is 0 Å². The van der Waals surface area contributed by atoms with Gasteiger partial charge in [0.25, 0.3) is 4.84 Å². The second kappa shape index (κ2) is 2.66. The van der Waals surface area contributed by atoms with Crippen LogP contribution in [0.3, 0.4) is 0 Å². The lowest BCUT2D eigenvalue weighted by Gasteiger charge is -1.90. The van der Waals surface area contributed by atoms with Crippen molar-refractivity contribution in [2.24, 2.45) is 0 Å². The molecule has 0 saturated carbocycles. The summed E-state index contributed by atoms with van der Waals surface area (Å²) < 4.78 is 4.82. The van der Waals surface area contributed by atoms with E-state index in [0.29, 0.717) is 5.88 Å². The Kier molecular flexibility index (Phi) is 1.86. The average Bonchev–Trinajstić information content (AvgIpc) is 2.13. The summed E-state index contributed by atoms with van der Waals surface area (Å²) in [5, 5.41) is 2.42. The molecule has 0 atom stereocenters. The Labute approximate surface area is 62.2 Å². The van der Waals surface area contributed by atoms with Crippen LogP contribution in [0.4, 0.5) is 5.88 Å². The zero-order valence-corrected chi connectivity index (χ0v) is 6.12. The van der Waals surface area contributed by atoms with Gasteiger partial charge >= 0.3 is 0 Å². The zero-order chi connectivity index (χ0) is 7.56. The normalized spacial score (nSPS) is 9.30. The average molecular weight is 158 g/mol. The largest absolute Gasteiger partial charge is 0.413 e. The summed E-state index contributed by atoms with van der Waals surface area (Å²) in [5.74, 6) is 0.162. The first-order valence-corrected chi connectivity index (χ1v) is 3.05. The van der Waals surface area contributed by atoms with E-state index in [1.54, 1.807) is 0 Å². The highest BCUT2D eigenvalue weighted by Crippen LogP contribution is 2.04. The van der Waals surface area contributed by atoms with Crippen molar-refractivity contribution in [2.45, 2.75) is 6.92 Å². The summed E-state index contributed by atoms with van der Waals surface area (Å²) in [6, 6.07) is 0. The van der Waals surface area contributed by atoms with Gasteiger partial charge in [-0.3, -0.25) is 10.1 Å². The number of aromatic nitrogens is 1. The Morgan fingerprint density at radius 2 is 2.60 bits per heavy atom. The lowest BCUT2D eigenvalue weighted by atomic mass is 10.6. The predicted molar refractivity (Wildman–Crippen MR) is 38.2 cm³/mol. The zero-order valence-electron chi connectivity index (χ0n) is 5.30. The first kappa shape index (κ1) is 7.01. The molecule has 5 heteroatoms. The molecule has 1 amide bonds. The number of aromatic amines is 1. The number of rotatable bonds is 1. The molecule has 0 unspecified atom stereocenters. The van der Waals surface area contributed by atoms with Crippen LogP contribution in [0.25, 0.3) is 0 Å². The number of hydrogen-bond donors (Lipinski definition) is 2. The molecule has 54 valence electrons. The van der Waals surface area contributed by atoms with E-state index < -0.39 is 0 Å². The van der Waals surface area contributed by atoms with E-state index in [2.05, 4.69) is 22.5 Å². The second-order valence-corrected chi connectivity index (χ2v) is 2.09. The van der Waals surface area contributed by atoms with Gasteiger partial charge in [-0.2, -0.15) is 0 Å². The van der Waals surface area contributed by atoms with Crippen LogP contribution in [-0.2, 0) is 4.79 Å². The van der Waals surface area contributed by atoms with Crippen molar-refractivity contribution in [3.05, 3.63) is 11.0 Å². The van der Waals surface area contributed by atoms with Gasteiger partial charge < -0.3 is 9.40 Å². The lowest BCUT2D eigenvalue weighted by Crippen LogP contribution is -2.04. The van der Waals surface area contributed by atoms with E-state index in [9.17, 15) is 4.79 Å². The Balaban J connectivity index is 2.76. The number of hydrogen-bond acceptors (Lipinski definition) is 3. The molecule has 0 aliphatic rings. The van der Waals surface area contributed by atoms with Crippen molar-refractivity contribution in [3.8, 4) is 0 Å². The van der Waals surface area contributed by atoms with Gasteiger partial charge in [-0.1, -0.05) is 0 Å². The number of nitrogens with one attached hydrogen (secondary N) is 2. The van der Waals surface area contributed by atoms with Crippen LogP contribution in [0, 0.1) is 4.84 Å². The smallest absolute Gasteiger partial charge is 0.267 e. The van der Waals surface area contributed by atoms with Gasteiger partial charge in [-0.05, 0) is 12.2 Å². The van der Waals surface area contributed by atoms with E-state index in [-0.39, 0.29) is 10.7 Å². The molecular weight excluding hydrogens is 152 g/mol. The quantitative estimate of drug-likeness (QED) is 0.605. The maximum atomic E-state index is 10.4. The first-order chi connectivity index (χ1) is 4.68. The van der Waals surface area contributed by atoms with E-state index in [0.717, 1.165) is 0 Å². The van der Waals surface area contributed by atoms with Crippen LogP contribution in [0.15, 0.2) is 10.6 Å². The second-order valence-electron chi connectivity index (χ2n) is 1.72. The minimum atomic E-state index is -0.183. The monoisotopic (exact) mass is 158 g/mol. The molecule has 1 aromatic heterocycles. The molecule has 1 aromatic rings. The number of anilines is 1. The first-order valence-electron chi connectivity index (χ1n) is 2.64. The van der Waals surface area contributed by atoms with E-state index in [1.165, 1.54) is 13.1 Å². The fourth-order valence-electron chi connectivity index (χ4n) is 0.518. The molecule has 1 rings (SSSR count). The summed E-state index contributed by atoms with van der Waals surface area (Å²) in [6.45, 7) is 1.39. The van der Waals surface area contributed by atoms with Gasteiger partial charge in [0.2, 0.25) is 11.8 Å².